The molecule has 0 amide bonds. The van der Waals surface area contributed by atoms with Crippen LogP contribution < -0.4 is 4.90 Å². The van der Waals surface area contributed by atoms with Gasteiger partial charge in [0, 0.05) is 50.5 Å². The van der Waals surface area contributed by atoms with E-state index in [0.29, 0.717) is 16.0 Å². The van der Waals surface area contributed by atoms with E-state index >= 15 is 0 Å². The second-order valence-electron chi connectivity index (χ2n) is 7.51. The molecule has 2 fully saturated rings. The Bertz CT molecular complexity index is 796. The maximum atomic E-state index is 9.80. The van der Waals surface area contributed by atoms with Crippen LogP contribution in [0.15, 0.2) is 36.5 Å². The summed E-state index contributed by atoms with van der Waals surface area (Å²) in [5.41, 5.74) is 2.69. The smallest absolute Gasteiger partial charge is 0.290 e. The van der Waals surface area contributed by atoms with Crippen LogP contribution in [0.3, 0.4) is 0 Å². The summed E-state index contributed by atoms with van der Waals surface area (Å²) in [6.07, 6.45) is 1.95. The number of pyridine rings is 1. The number of likely N-dealkylation sites (tertiary alicyclic amines) is 1. The van der Waals surface area contributed by atoms with Crippen molar-refractivity contribution in [3.05, 3.63) is 57.8 Å². The molecule has 0 bridgehead atoms. The monoisotopic (exact) mass is 423 g/mol. The first kappa shape index (κ1) is 20.9. The van der Waals surface area contributed by atoms with Crippen LogP contribution in [0.25, 0.3) is 0 Å². The number of benzene rings is 1. The summed E-state index contributed by atoms with van der Waals surface area (Å²) in [6.45, 7) is 5.68. The number of para-hydroxylation sites is 1. The highest BCUT2D eigenvalue weighted by molar-refractivity contribution is 6.39. The van der Waals surface area contributed by atoms with Gasteiger partial charge < -0.3 is 15.1 Å². The van der Waals surface area contributed by atoms with E-state index in [0.717, 1.165) is 44.1 Å². The van der Waals surface area contributed by atoms with E-state index in [2.05, 4.69) is 26.9 Å². The fourth-order valence-electron chi connectivity index (χ4n) is 3.70. The average molecular weight is 424 g/mol. The van der Waals surface area contributed by atoms with Gasteiger partial charge in [-0.15, -0.1) is 0 Å². The number of aromatic nitrogens is 1. The number of anilines is 1. The zero-order valence-corrected chi connectivity index (χ0v) is 17.1. The molecule has 2 N–H and O–H groups in total. The number of hydrogen-bond donors (Lipinski definition) is 2. The van der Waals surface area contributed by atoms with Crippen molar-refractivity contribution >= 4 is 35.4 Å². The first-order valence-corrected chi connectivity index (χ1v) is 9.75. The van der Waals surface area contributed by atoms with E-state index in [-0.39, 0.29) is 6.47 Å². The molecule has 0 saturated carbocycles. The second-order valence-corrected chi connectivity index (χ2v) is 8.33. The summed E-state index contributed by atoms with van der Waals surface area (Å²) >= 11 is 12.6. The molecule has 0 atom stereocenters. The van der Waals surface area contributed by atoms with Crippen LogP contribution in [0.1, 0.15) is 24.1 Å². The Hall–Kier alpha value is -1.86. The Morgan fingerprint density at radius 3 is 2.32 bits per heavy atom. The number of carbonyl (C=O) groups is 1. The number of β-amino-alcohol motifs (C(OH)–C–C–N with tert-alkyl or cyclic N) is 1. The first-order chi connectivity index (χ1) is 13.3. The van der Waals surface area contributed by atoms with Gasteiger partial charge in [0.25, 0.3) is 6.47 Å². The molecule has 6 nitrogen and oxygen atoms in total. The van der Waals surface area contributed by atoms with Crippen molar-refractivity contribution in [1.29, 1.82) is 0 Å². The normalized spacial score (nSPS) is 18.5. The number of hydrogen-bond acceptors (Lipinski definition) is 5. The lowest BCUT2D eigenvalue weighted by molar-refractivity contribution is -0.122. The van der Waals surface area contributed by atoms with E-state index in [1.165, 1.54) is 5.56 Å². The van der Waals surface area contributed by atoms with Crippen molar-refractivity contribution in [2.75, 3.05) is 31.1 Å². The van der Waals surface area contributed by atoms with E-state index < -0.39 is 5.60 Å². The molecule has 4 rings (SSSR count). The second kappa shape index (κ2) is 8.66. The summed E-state index contributed by atoms with van der Waals surface area (Å²) in [6, 6.07) is 9.86. The van der Waals surface area contributed by atoms with Crippen LogP contribution in [0.5, 0.6) is 0 Å². The van der Waals surface area contributed by atoms with E-state index in [1.54, 1.807) is 0 Å². The maximum absolute atomic E-state index is 9.80. The molecular formula is C20H23Cl2N3O3. The highest BCUT2D eigenvalue weighted by Crippen LogP contribution is 2.39. The van der Waals surface area contributed by atoms with E-state index in [1.807, 2.05) is 31.3 Å². The molecule has 0 aliphatic carbocycles. The summed E-state index contributed by atoms with van der Waals surface area (Å²) in [4.78, 5) is 17.4. The van der Waals surface area contributed by atoms with Gasteiger partial charge in [0.15, 0.2) is 0 Å². The van der Waals surface area contributed by atoms with Crippen molar-refractivity contribution < 1.29 is 15.0 Å². The molecule has 2 aliphatic rings. The summed E-state index contributed by atoms with van der Waals surface area (Å²) in [5, 5.41) is 18.1. The standard InChI is InChI=1S/C19H21Cl2N3O.CH2O2/c1-19(25)11-23(12-19)8-13-5-6-17(22-7-13)14-9-24(10-14)18-15(20)3-2-4-16(18)21;2-1-3/h2-7,14,25H,8-12H2,1H3;1H,(H,2,3). The number of halogens is 2. The topological polar surface area (TPSA) is 76.9 Å². The van der Waals surface area contributed by atoms with Gasteiger partial charge in [-0.3, -0.25) is 14.7 Å². The molecule has 2 aromatic rings. The van der Waals surface area contributed by atoms with Gasteiger partial charge in [-0.1, -0.05) is 35.3 Å². The third-order valence-corrected chi connectivity index (χ3v) is 5.55. The van der Waals surface area contributed by atoms with Crippen LogP contribution in [0, 0.1) is 0 Å². The number of carboxylic acid groups (broad SMARTS) is 1. The highest BCUT2D eigenvalue weighted by atomic mass is 35.5. The average Bonchev–Trinajstić information content (AvgIpc) is 2.56. The van der Waals surface area contributed by atoms with E-state index in [4.69, 9.17) is 33.1 Å². The minimum absolute atomic E-state index is 0.250. The Morgan fingerprint density at radius 2 is 1.82 bits per heavy atom. The lowest BCUT2D eigenvalue weighted by Crippen LogP contribution is -2.59. The highest BCUT2D eigenvalue weighted by Gasteiger charge is 2.36. The van der Waals surface area contributed by atoms with Gasteiger partial charge in [-0.05, 0) is 30.7 Å². The molecule has 0 radical (unpaired) electrons. The predicted octanol–water partition coefficient (Wildman–Crippen LogP) is 3.26. The largest absolute Gasteiger partial charge is 0.483 e. The molecule has 1 aromatic carbocycles. The molecule has 0 unspecified atom stereocenters. The van der Waals surface area contributed by atoms with Crippen molar-refractivity contribution in [3.63, 3.8) is 0 Å². The predicted molar refractivity (Wildman–Crippen MR) is 110 cm³/mol. The Morgan fingerprint density at radius 1 is 1.21 bits per heavy atom. The maximum Gasteiger partial charge on any atom is 0.290 e. The fourth-order valence-corrected chi connectivity index (χ4v) is 4.33. The molecule has 28 heavy (non-hydrogen) atoms. The SMILES string of the molecule is CC1(O)CN(Cc2ccc(C3CN(c4c(Cl)cccc4Cl)C3)nc2)C1.O=CO. The third kappa shape index (κ3) is 4.75. The van der Waals surface area contributed by atoms with Gasteiger partial charge in [-0.2, -0.15) is 0 Å². The summed E-state index contributed by atoms with van der Waals surface area (Å²) in [7, 11) is 0. The molecule has 8 heteroatoms. The van der Waals surface area contributed by atoms with Gasteiger partial charge in [0.1, 0.15) is 0 Å². The molecular weight excluding hydrogens is 401 g/mol. The Kier molecular flexibility index (Phi) is 6.45. The Balaban J connectivity index is 0.000000706. The zero-order valence-electron chi connectivity index (χ0n) is 15.6. The minimum Gasteiger partial charge on any atom is -0.483 e. The van der Waals surface area contributed by atoms with Crippen LogP contribution >= 0.6 is 23.2 Å². The molecule has 0 spiro atoms. The summed E-state index contributed by atoms with van der Waals surface area (Å²) < 4.78 is 0. The zero-order chi connectivity index (χ0) is 20.3. The Labute approximate surface area is 174 Å². The van der Waals surface area contributed by atoms with Crippen LogP contribution in [0.4, 0.5) is 5.69 Å². The molecule has 150 valence electrons. The first-order valence-electron chi connectivity index (χ1n) is 8.99. The van der Waals surface area contributed by atoms with Crippen LogP contribution in [-0.4, -0.2) is 58.3 Å². The van der Waals surface area contributed by atoms with Gasteiger partial charge >= 0.3 is 0 Å². The van der Waals surface area contributed by atoms with Gasteiger partial charge in [-0.25, -0.2) is 0 Å². The molecule has 2 aliphatic heterocycles. The molecule has 1 aromatic heterocycles. The van der Waals surface area contributed by atoms with Gasteiger partial charge in [0.05, 0.1) is 21.3 Å². The fraction of sp³-hybridized carbons (Fsp3) is 0.400. The quantitative estimate of drug-likeness (QED) is 0.734. The van der Waals surface area contributed by atoms with Crippen molar-refractivity contribution in [3.8, 4) is 0 Å². The number of aliphatic hydroxyl groups is 1. The van der Waals surface area contributed by atoms with Crippen LogP contribution in [0.2, 0.25) is 10.0 Å². The number of nitrogens with zero attached hydrogens (tertiary/aromatic N) is 3. The van der Waals surface area contributed by atoms with E-state index in [9.17, 15) is 5.11 Å². The minimum atomic E-state index is -0.525. The summed E-state index contributed by atoms with van der Waals surface area (Å²) in [5.74, 6) is 0.408. The lowest BCUT2D eigenvalue weighted by Gasteiger charge is -2.44. The third-order valence-electron chi connectivity index (χ3n) is 4.94. The molecule has 2 saturated heterocycles. The number of rotatable bonds is 4. The van der Waals surface area contributed by atoms with Crippen molar-refractivity contribution in [2.45, 2.75) is 25.0 Å². The van der Waals surface area contributed by atoms with Crippen molar-refractivity contribution in [1.82, 2.24) is 9.88 Å². The van der Waals surface area contributed by atoms with Crippen LogP contribution in [-0.2, 0) is 11.3 Å². The van der Waals surface area contributed by atoms with Gasteiger partial charge in [0.2, 0.25) is 0 Å². The molecule has 3 heterocycles. The lowest BCUT2D eigenvalue weighted by atomic mass is 9.94. The van der Waals surface area contributed by atoms with Crippen molar-refractivity contribution in [2.24, 2.45) is 0 Å².